The molecule has 0 aliphatic rings. The van der Waals surface area contributed by atoms with E-state index >= 15 is 0 Å². The summed E-state index contributed by atoms with van der Waals surface area (Å²) in [5.41, 5.74) is 2.71. The zero-order valence-corrected chi connectivity index (χ0v) is 17.0. The van der Waals surface area contributed by atoms with Gasteiger partial charge in [-0.2, -0.15) is 5.10 Å². The molecular weight excluding hydrogens is 427 g/mol. The molecule has 0 fully saturated rings. The van der Waals surface area contributed by atoms with Crippen molar-refractivity contribution in [3.63, 3.8) is 0 Å². The van der Waals surface area contributed by atoms with Gasteiger partial charge in [-0.05, 0) is 35.9 Å². The third kappa shape index (κ3) is 5.34. The fourth-order valence-electron chi connectivity index (χ4n) is 2.63. The number of nitro benzene ring substituents is 1. The number of methoxy groups -OCH3 is 1. The first-order chi connectivity index (χ1) is 14.8. The number of anilines is 2. The van der Waals surface area contributed by atoms with Crippen LogP contribution < -0.4 is 14.9 Å². The second-order valence-corrected chi connectivity index (χ2v) is 7.82. The highest BCUT2D eigenvalue weighted by molar-refractivity contribution is 7.93. The first-order valence-electron chi connectivity index (χ1n) is 8.79. The molecule has 0 aliphatic heterocycles. The molecule has 31 heavy (non-hydrogen) atoms. The maximum atomic E-state index is 13.3. The van der Waals surface area contributed by atoms with E-state index in [4.69, 9.17) is 4.74 Å². The molecule has 3 rings (SSSR count). The average Bonchev–Trinajstić information content (AvgIpc) is 2.74. The van der Waals surface area contributed by atoms with Gasteiger partial charge in [-0.15, -0.1) is 0 Å². The van der Waals surface area contributed by atoms with Crippen LogP contribution >= 0.6 is 0 Å². The highest BCUT2D eigenvalue weighted by Crippen LogP contribution is 2.31. The fourth-order valence-corrected chi connectivity index (χ4v) is 3.88. The second-order valence-electron chi connectivity index (χ2n) is 6.17. The summed E-state index contributed by atoms with van der Waals surface area (Å²) in [5.74, 6) is -0.182. The number of hydrogen-bond acceptors (Lipinski definition) is 7. The predicted octanol–water partition coefficient (Wildman–Crippen LogP) is 3.99. The van der Waals surface area contributed by atoms with E-state index in [0.717, 1.165) is 12.1 Å². The van der Waals surface area contributed by atoms with Gasteiger partial charge < -0.3 is 4.74 Å². The molecule has 0 amide bonds. The van der Waals surface area contributed by atoms with Crippen LogP contribution in [0.25, 0.3) is 0 Å². The molecule has 0 bridgehead atoms. The highest BCUT2D eigenvalue weighted by atomic mass is 32.2. The number of ether oxygens (including phenoxy) is 1. The number of benzene rings is 3. The van der Waals surface area contributed by atoms with E-state index in [1.54, 1.807) is 24.3 Å². The second kappa shape index (κ2) is 9.22. The van der Waals surface area contributed by atoms with Crippen LogP contribution in [0.15, 0.2) is 76.7 Å². The Balaban J connectivity index is 1.96. The number of nitrogens with zero attached hydrogens (tertiary/aromatic N) is 2. The van der Waals surface area contributed by atoms with Crippen LogP contribution in [0.4, 0.5) is 21.5 Å². The van der Waals surface area contributed by atoms with Crippen molar-refractivity contribution in [2.45, 2.75) is 4.90 Å². The van der Waals surface area contributed by atoms with Crippen LogP contribution in [-0.2, 0) is 10.0 Å². The van der Waals surface area contributed by atoms with Gasteiger partial charge in [0.25, 0.3) is 15.7 Å². The van der Waals surface area contributed by atoms with Gasteiger partial charge in [0, 0.05) is 12.1 Å². The molecule has 0 unspecified atom stereocenters. The maximum absolute atomic E-state index is 13.3. The number of hydrazone groups is 1. The minimum absolute atomic E-state index is 0.0133. The van der Waals surface area contributed by atoms with Crippen molar-refractivity contribution < 1.29 is 22.5 Å². The molecule has 0 saturated carbocycles. The number of rotatable bonds is 8. The monoisotopic (exact) mass is 444 g/mol. The Labute approximate surface area is 177 Å². The van der Waals surface area contributed by atoms with E-state index in [0.29, 0.717) is 5.56 Å². The summed E-state index contributed by atoms with van der Waals surface area (Å²) < 4.78 is 46.8. The molecule has 3 aromatic carbocycles. The highest BCUT2D eigenvalue weighted by Gasteiger charge is 2.23. The van der Waals surface area contributed by atoms with Crippen molar-refractivity contribution in [2.75, 3.05) is 17.3 Å². The number of sulfonamides is 1. The molecule has 0 radical (unpaired) electrons. The number of nitro groups is 1. The van der Waals surface area contributed by atoms with Gasteiger partial charge in [0.05, 0.1) is 29.6 Å². The molecule has 0 spiro atoms. The summed E-state index contributed by atoms with van der Waals surface area (Å²) in [7, 11) is -2.88. The van der Waals surface area contributed by atoms with Crippen molar-refractivity contribution in [1.82, 2.24) is 0 Å². The lowest BCUT2D eigenvalue weighted by Gasteiger charge is -2.14. The summed E-state index contributed by atoms with van der Waals surface area (Å²) in [6.07, 6.45) is 1.29. The normalized spacial score (nSPS) is 11.3. The van der Waals surface area contributed by atoms with Crippen LogP contribution in [0, 0.1) is 15.9 Å². The van der Waals surface area contributed by atoms with Crippen molar-refractivity contribution in [2.24, 2.45) is 5.10 Å². The van der Waals surface area contributed by atoms with Crippen LogP contribution in [0.1, 0.15) is 5.56 Å². The largest absolute Gasteiger partial charge is 0.495 e. The van der Waals surface area contributed by atoms with E-state index in [1.165, 1.54) is 43.7 Å². The molecule has 0 aliphatic carbocycles. The van der Waals surface area contributed by atoms with Gasteiger partial charge in [0.2, 0.25) is 0 Å². The van der Waals surface area contributed by atoms with E-state index < -0.39 is 31.3 Å². The minimum Gasteiger partial charge on any atom is -0.495 e. The summed E-state index contributed by atoms with van der Waals surface area (Å²) in [6, 6.07) is 15.2. The van der Waals surface area contributed by atoms with Gasteiger partial charge in [-0.3, -0.25) is 20.3 Å². The third-order valence-corrected chi connectivity index (χ3v) is 5.47. The Kier molecular flexibility index (Phi) is 6.46. The number of hydrogen-bond donors (Lipinski definition) is 2. The summed E-state index contributed by atoms with van der Waals surface area (Å²) >= 11 is 0. The molecule has 0 aromatic heterocycles. The SMILES string of the molecule is COc1ccccc1NS(=O)(=O)c1cc([N+](=O)[O-])ccc1N/N=C\c1cccc(F)c1. The summed E-state index contributed by atoms with van der Waals surface area (Å²) in [6.45, 7) is 0. The zero-order valence-electron chi connectivity index (χ0n) is 16.2. The molecule has 0 heterocycles. The Morgan fingerprint density at radius 3 is 2.55 bits per heavy atom. The number of non-ortho nitro benzene ring substituents is 1. The van der Waals surface area contributed by atoms with Gasteiger partial charge >= 0.3 is 0 Å². The Bertz CT molecular complexity index is 1250. The van der Waals surface area contributed by atoms with Gasteiger partial charge in [-0.1, -0.05) is 24.3 Å². The van der Waals surface area contributed by atoms with E-state index in [-0.39, 0.29) is 17.1 Å². The van der Waals surface area contributed by atoms with Crippen molar-refractivity contribution in [1.29, 1.82) is 0 Å². The molecule has 3 aromatic rings. The zero-order chi connectivity index (χ0) is 22.4. The van der Waals surface area contributed by atoms with Crippen LogP contribution in [-0.4, -0.2) is 26.7 Å². The number of halogens is 1. The lowest BCUT2D eigenvalue weighted by Crippen LogP contribution is -2.15. The van der Waals surface area contributed by atoms with Crippen LogP contribution in [0.3, 0.4) is 0 Å². The molecule has 9 nitrogen and oxygen atoms in total. The van der Waals surface area contributed by atoms with Gasteiger partial charge in [0.1, 0.15) is 16.5 Å². The quantitative estimate of drug-likeness (QED) is 0.308. The van der Waals surface area contributed by atoms with E-state index in [2.05, 4.69) is 15.2 Å². The Morgan fingerprint density at radius 1 is 1.06 bits per heavy atom. The molecule has 11 heteroatoms. The lowest BCUT2D eigenvalue weighted by molar-refractivity contribution is -0.385. The smallest absolute Gasteiger partial charge is 0.270 e. The third-order valence-electron chi connectivity index (χ3n) is 4.06. The summed E-state index contributed by atoms with van der Waals surface area (Å²) in [4.78, 5) is 10.1. The van der Waals surface area contributed by atoms with Crippen molar-refractivity contribution in [3.05, 3.63) is 88.2 Å². The first kappa shape index (κ1) is 21.7. The van der Waals surface area contributed by atoms with Gasteiger partial charge in [-0.25, -0.2) is 12.8 Å². The van der Waals surface area contributed by atoms with Crippen molar-refractivity contribution in [3.8, 4) is 5.75 Å². The molecule has 2 N–H and O–H groups in total. The van der Waals surface area contributed by atoms with Crippen LogP contribution in [0.2, 0.25) is 0 Å². The first-order valence-corrected chi connectivity index (χ1v) is 10.3. The maximum Gasteiger partial charge on any atom is 0.270 e. The van der Waals surface area contributed by atoms with E-state index in [9.17, 15) is 22.9 Å². The molecule has 0 atom stereocenters. The average molecular weight is 444 g/mol. The van der Waals surface area contributed by atoms with Gasteiger partial charge in [0.15, 0.2) is 0 Å². The molecular formula is C20H17FN4O5S. The van der Waals surface area contributed by atoms with E-state index in [1.807, 2.05) is 0 Å². The summed E-state index contributed by atoms with van der Waals surface area (Å²) in [5, 5.41) is 15.1. The fraction of sp³-hybridized carbons (Fsp3) is 0.0500. The molecule has 160 valence electrons. The van der Waals surface area contributed by atoms with Crippen molar-refractivity contribution >= 4 is 33.3 Å². The lowest BCUT2D eigenvalue weighted by atomic mass is 10.2. The number of nitrogens with one attached hydrogen (secondary N) is 2. The Hall–Kier alpha value is -3.99. The topological polar surface area (TPSA) is 123 Å². The Morgan fingerprint density at radius 2 is 1.84 bits per heavy atom. The molecule has 0 saturated heterocycles. The number of para-hydroxylation sites is 2. The standard InChI is InChI=1S/C20H17FN4O5S/c1-30-19-8-3-2-7-17(19)24-31(28,29)20-12-16(25(26)27)9-10-18(20)23-22-13-14-5-4-6-15(21)11-14/h2-13,23-24H,1H3/b22-13-. The van der Waals surface area contributed by atoms with Crippen LogP contribution in [0.5, 0.6) is 5.75 Å². The predicted molar refractivity (Wildman–Crippen MR) is 115 cm³/mol. The minimum atomic E-state index is -4.27.